The number of Topliss-reactive ketones (excluding diaryl/α,β-unsaturated/α-hetero) is 1. The number of hydrogen-bond donors (Lipinski definition) is 0. The van der Waals surface area contributed by atoms with Gasteiger partial charge in [0, 0.05) is 52.7 Å². The SMILES string of the molecule is CC[C@H]1CCC[C@H](O[C@H]2CC[C@H](N(C)C)C(C)O2)[C@@H](C)C(=O)C2=C[C@H]3[C@@H]4CCC[C@H]4c4c(nc5cc(Cl)ccn45)[C@H]3[C@@H]2CC(=O)O1. The van der Waals surface area contributed by atoms with Crippen LogP contribution in [0.3, 0.4) is 0 Å². The fraction of sp³-hybridized carbons (Fsp3) is 0.703. The Hall–Kier alpha value is -2.26. The highest BCUT2D eigenvalue weighted by Crippen LogP contribution is 2.61. The number of fused-ring (bicyclic) bond motifs is 10. The zero-order valence-electron chi connectivity index (χ0n) is 28.0. The summed E-state index contributed by atoms with van der Waals surface area (Å²) in [6.45, 7) is 6.22. The van der Waals surface area contributed by atoms with Gasteiger partial charge in [0.1, 0.15) is 11.8 Å². The Morgan fingerprint density at radius 3 is 2.63 bits per heavy atom. The molecule has 3 aliphatic carbocycles. The van der Waals surface area contributed by atoms with Crippen LogP contribution < -0.4 is 0 Å². The maximum absolute atomic E-state index is 14.7. The van der Waals surface area contributed by atoms with Crippen molar-refractivity contribution in [1.82, 2.24) is 14.3 Å². The first kappa shape index (κ1) is 32.3. The Labute approximate surface area is 278 Å². The third-order valence-electron chi connectivity index (χ3n) is 12.0. The highest BCUT2D eigenvalue weighted by atomic mass is 35.5. The molecule has 7 rings (SSSR count). The number of hydrogen-bond acceptors (Lipinski definition) is 7. The molecule has 0 bridgehead atoms. The molecule has 2 saturated heterocycles. The van der Waals surface area contributed by atoms with Crippen molar-refractivity contribution in [3.8, 4) is 0 Å². The highest BCUT2D eigenvalue weighted by molar-refractivity contribution is 6.30. The van der Waals surface area contributed by atoms with Gasteiger partial charge in [-0.3, -0.25) is 9.59 Å². The third-order valence-corrected chi connectivity index (χ3v) is 12.2. The lowest BCUT2D eigenvalue weighted by Gasteiger charge is -2.40. The molecule has 250 valence electrons. The zero-order chi connectivity index (χ0) is 32.3. The fourth-order valence-electron chi connectivity index (χ4n) is 9.71. The number of esters is 1. The number of rotatable bonds is 4. The highest BCUT2D eigenvalue weighted by Gasteiger charge is 2.54. The molecule has 46 heavy (non-hydrogen) atoms. The summed E-state index contributed by atoms with van der Waals surface area (Å²) < 4.78 is 21.4. The van der Waals surface area contributed by atoms with E-state index in [1.165, 1.54) is 5.69 Å². The molecule has 9 heteroatoms. The van der Waals surface area contributed by atoms with Crippen LogP contribution in [0.1, 0.15) is 108 Å². The molecule has 8 nitrogen and oxygen atoms in total. The van der Waals surface area contributed by atoms with E-state index < -0.39 is 0 Å². The molecule has 0 N–H and O–H groups in total. The number of carbonyl (C=O) groups is 2. The number of halogens is 1. The molecule has 2 aliphatic heterocycles. The number of ether oxygens (including phenoxy) is 3. The van der Waals surface area contributed by atoms with Crippen molar-refractivity contribution in [2.24, 2.45) is 23.7 Å². The second-order valence-electron chi connectivity index (χ2n) is 14.9. The number of ketones is 1. The average Bonchev–Trinajstić information content (AvgIpc) is 3.74. The van der Waals surface area contributed by atoms with E-state index >= 15 is 0 Å². The molecule has 0 radical (unpaired) electrons. The van der Waals surface area contributed by atoms with E-state index in [2.05, 4.69) is 43.3 Å². The van der Waals surface area contributed by atoms with E-state index in [9.17, 15) is 9.59 Å². The average molecular weight is 652 g/mol. The standard InChI is InChI=1S/C37H50ClN3O5/c1-6-23-9-7-12-30(46-33-14-13-29(40(4)5)21(3)44-33)20(2)37(43)28-18-26-24-10-8-11-25(24)36-35(34(26)27(28)19-32(42)45-23)39-31-17-22(38)15-16-41(31)36/h15-18,20-21,23-27,29-30,33-34H,6-14,19H2,1-5H3/t20-,21?,23+,24-,25-,26+,27-,29+,30+,33+,34-/m1/s1. The minimum absolute atomic E-state index is 0.0420. The van der Waals surface area contributed by atoms with E-state index in [0.717, 1.165) is 74.7 Å². The summed E-state index contributed by atoms with van der Waals surface area (Å²) in [5, 5.41) is 0.656. The van der Waals surface area contributed by atoms with Crippen molar-refractivity contribution in [2.75, 3.05) is 14.1 Å². The number of cyclic esters (lactones) is 1. The minimum Gasteiger partial charge on any atom is -0.462 e. The summed E-state index contributed by atoms with van der Waals surface area (Å²) in [7, 11) is 4.19. The Morgan fingerprint density at radius 1 is 1.07 bits per heavy atom. The van der Waals surface area contributed by atoms with Crippen molar-refractivity contribution < 1.29 is 23.8 Å². The summed E-state index contributed by atoms with van der Waals surface area (Å²) in [5.74, 6) is 0.177. The molecular weight excluding hydrogens is 602 g/mol. The lowest BCUT2D eigenvalue weighted by molar-refractivity contribution is -0.231. The first-order valence-corrected chi connectivity index (χ1v) is 18.1. The van der Waals surface area contributed by atoms with Crippen molar-refractivity contribution in [3.05, 3.63) is 46.4 Å². The molecule has 0 amide bonds. The molecule has 2 aromatic heterocycles. The predicted octanol–water partition coefficient (Wildman–Crippen LogP) is 7.08. The smallest absolute Gasteiger partial charge is 0.306 e. The van der Waals surface area contributed by atoms with Crippen molar-refractivity contribution >= 4 is 29.0 Å². The molecule has 11 atom stereocenters. The van der Waals surface area contributed by atoms with Crippen LogP contribution in [0.2, 0.25) is 5.02 Å². The summed E-state index contributed by atoms with van der Waals surface area (Å²) in [5.41, 5.74) is 3.90. The third kappa shape index (κ3) is 5.75. The Balaban J connectivity index is 1.24. The van der Waals surface area contributed by atoms with Crippen LogP contribution in [0.25, 0.3) is 5.65 Å². The maximum Gasteiger partial charge on any atom is 0.306 e. The molecule has 3 fully saturated rings. The van der Waals surface area contributed by atoms with Gasteiger partial charge in [0.15, 0.2) is 12.1 Å². The molecule has 1 unspecified atom stereocenters. The van der Waals surface area contributed by atoms with Gasteiger partial charge in [-0.25, -0.2) is 4.98 Å². The van der Waals surface area contributed by atoms with Gasteiger partial charge in [-0.05, 0) is 95.9 Å². The number of allylic oxidation sites excluding steroid dienone is 2. The normalized spacial score (nSPS) is 38.3. The van der Waals surface area contributed by atoms with E-state index in [1.54, 1.807) is 0 Å². The zero-order valence-corrected chi connectivity index (χ0v) is 28.7. The quantitative estimate of drug-likeness (QED) is 0.327. The van der Waals surface area contributed by atoms with Crippen LogP contribution in [0.4, 0.5) is 0 Å². The van der Waals surface area contributed by atoms with Gasteiger partial charge in [-0.2, -0.15) is 0 Å². The lowest BCUT2D eigenvalue weighted by Crippen LogP contribution is -2.47. The van der Waals surface area contributed by atoms with Crippen LogP contribution in [-0.2, 0) is 23.8 Å². The van der Waals surface area contributed by atoms with Crippen LogP contribution in [0, 0.1) is 23.7 Å². The molecular formula is C37H50ClN3O5. The summed E-state index contributed by atoms with van der Waals surface area (Å²) in [6, 6.07) is 4.20. The second kappa shape index (κ2) is 13.0. The number of likely N-dealkylation sites (N-methyl/N-ethyl adjacent to an activating group) is 1. The molecule has 5 aliphatic rings. The van der Waals surface area contributed by atoms with Gasteiger partial charge in [0.05, 0.1) is 24.3 Å². The second-order valence-corrected chi connectivity index (χ2v) is 15.3. The summed E-state index contributed by atoms with van der Waals surface area (Å²) in [4.78, 5) is 35.7. The van der Waals surface area contributed by atoms with E-state index in [1.807, 2.05) is 25.3 Å². The monoisotopic (exact) mass is 651 g/mol. The molecule has 0 aromatic carbocycles. The van der Waals surface area contributed by atoms with Gasteiger partial charge in [-0.15, -0.1) is 0 Å². The number of carbonyl (C=O) groups excluding carboxylic acids is 2. The molecule has 4 heterocycles. The van der Waals surface area contributed by atoms with Crippen molar-refractivity contribution in [3.63, 3.8) is 0 Å². The van der Waals surface area contributed by atoms with E-state index in [0.29, 0.717) is 22.9 Å². The van der Waals surface area contributed by atoms with E-state index in [-0.39, 0.29) is 66.4 Å². The molecule has 1 saturated carbocycles. The van der Waals surface area contributed by atoms with Gasteiger partial charge in [-0.1, -0.05) is 37.9 Å². The van der Waals surface area contributed by atoms with Crippen molar-refractivity contribution in [2.45, 2.75) is 127 Å². The van der Waals surface area contributed by atoms with Crippen LogP contribution in [0.15, 0.2) is 30.0 Å². The van der Waals surface area contributed by atoms with Gasteiger partial charge < -0.3 is 23.5 Å². The first-order valence-electron chi connectivity index (χ1n) is 17.7. The summed E-state index contributed by atoms with van der Waals surface area (Å²) in [6.07, 6.45) is 12.0. The van der Waals surface area contributed by atoms with Crippen LogP contribution in [0.5, 0.6) is 0 Å². The summed E-state index contributed by atoms with van der Waals surface area (Å²) >= 11 is 6.42. The fourth-order valence-corrected chi connectivity index (χ4v) is 9.86. The maximum atomic E-state index is 14.7. The largest absolute Gasteiger partial charge is 0.462 e. The van der Waals surface area contributed by atoms with Gasteiger partial charge in [0.2, 0.25) is 0 Å². The Morgan fingerprint density at radius 2 is 1.87 bits per heavy atom. The Kier molecular flexibility index (Phi) is 9.11. The van der Waals surface area contributed by atoms with Crippen LogP contribution in [-0.4, -0.2) is 70.8 Å². The number of imidazole rings is 1. The van der Waals surface area contributed by atoms with E-state index in [4.69, 9.17) is 30.8 Å². The lowest BCUT2D eigenvalue weighted by atomic mass is 9.66. The number of pyridine rings is 1. The number of aromatic nitrogens is 2. The number of nitrogens with zero attached hydrogens (tertiary/aromatic N) is 3. The minimum atomic E-state index is -0.353. The predicted molar refractivity (Wildman–Crippen MR) is 177 cm³/mol. The van der Waals surface area contributed by atoms with Crippen molar-refractivity contribution in [1.29, 1.82) is 0 Å². The topological polar surface area (TPSA) is 82.4 Å². The van der Waals surface area contributed by atoms with Gasteiger partial charge in [0.25, 0.3) is 0 Å². The molecule has 0 spiro atoms. The van der Waals surface area contributed by atoms with Gasteiger partial charge >= 0.3 is 5.97 Å². The Bertz CT molecular complexity index is 1500. The molecule has 2 aromatic rings. The first-order chi connectivity index (χ1) is 22.1. The van der Waals surface area contributed by atoms with Crippen LogP contribution >= 0.6 is 11.6 Å².